The molecule has 0 amide bonds. The lowest BCUT2D eigenvalue weighted by molar-refractivity contribution is 0.524. The van der Waals surface area contributed by atoms with Crippen molar-refractivity contribution in [1.82, 2.24) is 5.32 Å². The molecular weight excluding hydrogens is 296 g/mol. The van der Waals surface area contributed by atoms with Crippen LogP contribution >= 0.6 is 23.2 Å². The van der Waals surface area contributed by atoms with Gasteiger partial charge in [-0.2, -0.15) is 0 Å². The summed E-state index contributed by atoms with van der Waals surface area (Å²) in [7, 11) is 0. The number of halogens is 3. The quantitative estimate of drug-likeness (QED) is 0.425. The van der Waals surface area contributed by atoms with Gasteiger partial charge in [-0.3, -0.25) is 0 Å². The predicted octanol–water partition coefficient (Wildman–Crippen LogP) is 6.14. The number of unbranched alkanes of at least 4 members (excludes halogenated alkanes) is 5. The Morgan fingerprint density at radius 2 is 1.70 bits per heavy atom. The van der Waals surface area contributed by atoms with Crippen LogP contribution in [0.5, 0.6) is 0 Å². The van der Waals surface area contributed by atoms with E-state index in [0.717, 1.165) is 18.5 Å². The molecule has 1 aromatic rings. The summed E-state index contributed by atoms with van der Waals surface area (Å²) in [4.78, 5) is 0. The molecule has 0 saturated carbocycles. The van der Waals surface area contributed by atoms with Crippen molar-refractivity contribution in [2.75, 3.05) is 6.54 Å². The van der Waals surface area contributed by atoms with Crippen LogP contribution in [-0.2, 0) is 0 Å². The highest BCUT2D eigenvalue weighted by atomic mass is 35.5. The van der Waals surface area contributed by atoms with Gasteiger partial charge < -0.3 is 5.32 Å². The van der Waals surface area contributed by atoms with Crippen molar-refractivity contribution in [3.8, 4) is 0 Å². The average Bonchev–Trinajstić information content (AvgIpc) is 2.41. The molecule has 0 aliphatic carbocycles. The van der Waals surface area contributed by atoms with E-state index in [1.165, 1.54) is 44.2 Å². The lowest BCUT2D eigenvalue weighted by atomic mass is 10.1. The smallest absolute Gasteiger partial charge is 0.142 e. The highest BCUT2D eigenvalue weighted by molar-refractivity contribution is 6.35. The Labute approximate surface area is 131 Å². The maximum Gasteiger partial charge on any atom is 0.142 e. The molecule has 0 saturated heterocycles. The molecule has 0 heterocycles. The molecule has 114 valence electrons. The van der Waals surface area contributed by atoms with Crippen LogP contribution < -0.4 is 5.32 Å². The molecule has 1 unspecified atom stereocenters. The zero-order valence-electron chi connectivity index (χ0n) is 12.3. The summed E-state index contributed by atoms with van der Waals surface area (Å²) in [5, 5.41) is 3.97. The Kier molecular flexibility index (Phi) is 8.51. The number of rotatable bonds is 9. The molecule has 0 aliphatic heterocycles. The van der Waals surface area contributed by atoms with E-state index >= 15 is 0 Å². The van der Waals surface area contributed by atoms with Crippen molar-refractivity contribution in [1.29, 1.82) is 0 Å². The first kappa shape index (κ1) is 17.7. The first-order chi connectivity index (χ1) is 9.56. The minimum atomic E-state index is -0.417. The van der Waals surface area contributed by atoms with Gasteiger partial charge in [-0.1, -0.05) is 62.2 Å². The molecule has 1 rings (SSSR count). The first-order valence-electron chi connectivity index (χ1n) is 7.44. The SMILES string of the molecule is CCCCCCCCNC(C)c1cc(F)c(Cl)cc1Cl. The monoisotopic (exact) mass is 319 g/mol. The summed E-state index contributed by atoms with van der Waals surface area (Å²) in [6.45, 7) is 5.14. The van der Waals surface area contributed by atoms with Gasteiger partial charge in [0.1, 0.15) is 5.82 Å². The molecule has 0 aliphatic rings. The number of nitrogens with one attached hydrogen (secondary N) is 1. The van der Waals surface area contributed by atoms with Crippen molar-refractivity contribution in [3.63, 3.8) is 0 Å². The van der Waals surface area contributed by atoms with Crippen molar-refractivity contribution in [3.05, 3.63) is 33.6 Å². The third kappa shape index (κ3) is 5.99. The van der Waals surface area contributed by atoms with Gasteiger partial charge >= 0.3 is 0 Å². The normalized spacial score (nSPS) is 12.7. The summed E-state index contributed by atoms with van der Waals surface area (Å²) in [6, 6.07) is 2.92. The average molecular weight is 320 g/mol. The van der Waals surface area contributed by atoms with Gasteiger partial charge in [0, 0.05) is 11.1 Å². The van der Waals surface area contributed by atoms with Gasteiger partial charge in [0.15, 0.2) is 0 Å². The molecular formula is C16H24Cl2FN. The second-order valence-corrected chi connectivity index (χ2v) is 6.05. The molecule has 0 radical (unpaired) electrons. The summed E-state index contributed by atoms with van der Waals surface area (Å²) in [5.41, 5.74) is 0.763. The first-order valence-corrected chi connectivity index (χ1v) is 8.19. The molecule has 0 aromatic heterocycles. The lowest BCUT2D eigenvalue weighted by Crippen LogP contribution is -2.20. The Morgan fingerprint density at radius 3 is 2.40 bits per heavy atom. The van der Waals surface area contributed by atoms with Crippen LogP contribution in [0.1, 0.15) is 64.0 Å². The predicted molar refractivity (Wildman–Crippen MR) is 86.2 cm³/mol. The summed E-state index contributed by atoms with van der Waals surface area (Å²) in [6.07, 6.45) is 7.59. The Bertz CT molecular complexity index is 410. The fourth-order valence-corrected chi connectivity index (χ4v) is 2.75. The van der Waals surface area contributed by atoms with E-state index in [4.69, 9.17) is 23.2 Å². The van der Waals surface area contributed by atoms with Gasteiger partial charge in [-0.25, -0.2) is 4.39 Å². The number of benzene rings is 1. The maximum absolute atomic E-state index is 13.5. The van der Waals surface area contributed by atoms with Crippen molar-refractivity contribution in [2.45, 2.75) is 58.4 Å². The van der Waals surface area contributed by atoms with Crippen LogP contribution in [0.2, 0.25) is 10.0 Å². The highest BCUT2D eigenvalue weighted by Crippen LogP contribution is 2.28. The van der Waals surface area contributed by atoms with E-state index in [9.17, 15) is 4.39 Å². The van der Waals surface area contributed by atoms with Gasteiger partial charge in [-0.15, -0.1) is 0 Å². The summed E-state index contributed by atoms with van der Waals surface area (Å²) < 4.78 is 13.5. The van der Waals surface area contributed by atoms with E-state index in [-0.39, 0.29) is 11.1 Å². The molecule has 1 nitrogen and oxygen atoms in total. The topological polar surface area (TPSA) is 12.0 Å². The molecule has 1 atom stereocenters. The third-order valence-electron chi connectivity index (χ3n) is 3.49. The van der Waals surface area contributed by atoms with Crippen LogP contribution in [0.4, 0.5) is 4.39 Å². The van der Waals surface area contributed by atoms with Gasteiger partial charge in [-0.05, 0) is 37.6 Å². The number of hydrogen-bond donors (Lipinski definition) is 1. The standard InChI is InChI=1S/C16H24Cl2FN/c1-3-4-5-6-7-8-9-20-12(2)13-10-16(19)15(18)11-14(13)17/h10-12,20H,3-9H2,1-2H3. The van der Waals surface area contributed by atoms with E-state index in [2.05, 4.69) is 12.2 Å². The van der Waals surface area contributed by atoms with Crippen LogP contribution in [0.25, 0.3) is 0 Å². The van der Waals surface area contributed by atoms with Gasteiger partial charge in [0.25, 0.3) is 0 Å². The van der Waals surface area contributed by atoms with Crippen LogP contribution in [-0.4, -0.2) is 6.54 Å². The highest BCUT2D eigenvalue weighted by Gasteiger charge is 2.12. The molecule has 1 aromatic carbocycles. The van der Waals surface area contributed by atoms with E-state index in [0.29, 0.717) is 5.02 Å². The number of hydrogen-bond acceptors (Lipinski definition) is 1. The Balaban J connectivity index is 2.32. The zero-order valence-corrected chi connectivity index (χ0v) is 13.8. The van der Waals surface area contributed by atoms with Gasteiger partial charge in [0.2, 0.25) is 0 Å². The molecule has 0 fully saturated rings. The second kappa shape index (κ2) is 9.59. The Morgan fingerprint density at radius 1 is 1.05 bits per heavy atom. The fraction of sp³-hybridized carbons (Fsp3) is 0.625. The van der Waals surface area contributed by atoms with E-state index < -0.39 is 5.82 Å². The van der Waals surface area contributed by atoms with Gasteiger partial charge in [0.05, 0.1) is 5.02 Å². The largest absolute Gasteiger partial charge is 0.310 e. The lowest BCUT2D eigenvalue weighted by Gasteiger charge is -2.16. The molecule has 0 bridgehead atoms. The third-order valence-corrected chi connectivity index (χ3v) is 4.10. The molecule has 1 N–H and O–H groups in total. The fourth-order valence-electron chi connectivity index (χ4n) is 2.20. The van der Waals surface area contributed by atoms with Crippen LogP contribution in [0.15, 0.2) is 12.1 Å². The molecule has 20 heavy (non-hydrogen) atoms. The summed E-state index contributed by atoms with van der Waals surface area (Å²) in [5.74, 6) is -0.417. The minimum absolute atomic E-state index is 0.0323. The molecule has 0 spiro atoms. The maximum atomic E-state index is 13.5. The zero-order chi connectivity index (χ0) is 15.0. The Hall–Kier alpha value is -0.310. The minimum Gasteiger partial charge on any atom is -0.310 e. The summed E-state index contributed by atoms with van der Waals surface area (Å²) >= 11 is 11.8. The van der Waals surface area contributed by atoms with E-state index in [1.54, 1.807) is 0 Å². The van der Waals surface area contributed by atoms with Crippen LogP contribution in [0, 0.1) is 5.82 Å². The van der Waals surface area contributed by atoms with Crippen molar-refractivity contribution < 1.29 is 4.39 Å². The van der Waals surface area contributed by atoms with Crippen LogP contribution in [0.3, 0.4) is 0 Å². The van der Waals surface area contributed by atoms with E-state index in [1.807, 2.05) is 6.92 Å². The van der Waals surface area contributed by atoms with Crippen molar-refractivity contribution >= 4 is 23.2 Å². The second-order valence-electron chi connectivity index (χ2n) is 5.23. The van der Waals surface area contributed by atoms with Crippen molar-refractivity contribution in [2.24, 2.45) is 0 Å². The molecule has 4 heteroatoms.